The first-order chi connectivity index (χ1) is 9.00. The van der Waals surface area contributed by atoms with Gasteiger partial charge in [-0.25, -0.2) is 0 Å². The van der Waals surface area contributed by atoms with Gasteiger partial charge in [0.1, 0.15) is 0 Å². The Balaban J connectivity index is 2.34. The largest absolute Gasteiger partial charge is 0.117 e. The van der Waals surface area contributed by atoms with E-state index in [4.69, 9.17) is 23.2 Å². The number of hydrogen-bond acceptors (Lipinski definition) is 0. The normalized spacial score (nSPS) is 14.2. The molecule has 0 bridgehead atoms. The van der Waals surface area contributed by atoms with E-state index in [0.29, 0.717) is 0 Å². The number of aryl methyl sites for hydroxylation is 2. The predicted molar refractivity (Wildman–Crippen MR) is 84.4 cm³/mol. The predicted octanol–water partition coefficient (Wildman–Crippen LogP) is 6.04. The molecule has 0 nitrogen and oxygen atoms in total. The van der Waals surface area contributed by atoms with Crippen molar-refractivity contribution in [3.05, 3.63) is 69.7 Å². The molecule has 0 saturated heterocycles. The molecule has 0 N–H and O–H groups in total. The molecule has 2 aromatic carbocycles. The van der Waals surface area contributed by atoms with Crippen molar-refractivity contribution in [2.75, 3.05) is 0 Å². The van der Waals surface area contributed by atoms with Gasteiger partial charge in [-0.2, -0.15) is 0 Å². The Bertz CT molecular complexity index is 561. The Morgan fingerprint density at radius 3 is 2.21 bits per heavy atom. The Morgan fingerprint density at radius 2 is 1.58 bits per heavy atom. The van der Waals surface area contributed by atoms with Gasteiger partial charge in [-0.15, -0.1) is 11.6 Å². The highest BCUT2D eigenvalue weighted by atomic mass is 35.5. The number of hydrogen-bond donors (Lipinski definition) is 0. The second kappa shape index (κ2) is 5.98. The summed E-state index contributed by atoms with van der Waals surface area (Å²) in [4.78, 5) is 0. The molecule has 0 amide bonds. The number of rotatable bonds is 3. The van der Waals surface area contributed by atoms with Crippen LogP contribution in [0.4, 0.5) is 0 Å². The van der Waals surface area contributed by atoms with Crippen LogP contribution in [0.5, 0.6) is 0 Å². The van der Waals surface area contributed by atoms with Gasteiger partial charge in [0.05, 0.1) is 5.38 Å². The molecule has 0 aromatic heterocycles. The molecule has 0 saturated carbocycles. The second-order valence-electron chi connectivity index (χ2n) is 5.06. The molecule has 2 rings (SSSR count). The molecule has 2 aromatic rings. The fourth-order valence-corrected chi connectivity index (χ4v) is 2.89. The Hall–Kier alpha value is -0.980. The van der Waals surface area contributed by atoms with Gasteiger partial charge in [0.25, 0.3) is 0 Å². The second-order valence-corrected chi connectivity index (χ2v) is 5.94. The molecule has 100 valence electrons. The van der Waals surface area contributed by atoms with Crippen molar-refractivity contribution in [1.29, 1.82) is 0 Å². The summed E-state index contributed by atoms with van der Waals surface area (Å²) >= 11 is 12.8. The lowest BCUT2D eigenvalue weighted by Crippen LogP contribution is -2.05. The third-order valence-electron chi connectivity index (χ3n) is 3.61. The van der Waals surface area contributed by atoms with Crippen LogP contribution in [-0.4, -0.2) is 0 Å². The molecule has 2 heteroatoms. The average molecular weight is 293 g/mol. The van der Waals surface area contributed by atoms with Gasteiger partial charge in [-0.3, -0.25) is 0 Å². The van der Waals surface area contributed by atoms with Crippen LogP contribution in [0.2, 0.25) is 5.02 Å². The van der Waals surface area contributed by atoms with Crippen LogP contribution in [-0.2, 0) is 0 Å². The van der Waals surface area contributed by atoms with Gasteiger partial charge in [-0.1, -0.05) is 54.9 Å². The van der Waals surface area contributed by atoms with Crippen molar-refractivity contribution in [2.24, 2.45) is 0 Å². The van der Waals surface area contributed by atoms with E-state index < -0.39 is 0 Å². The first-order valence-electron chi connectivity index (χ1n) is 6.46. The highest BCUT2D eigenvalue weighted by Crippen LogP contribution is 2.38. The van der Waals surface area contributed by atoms with E-state index in [0.717, 1.165) is 16.1 Å². The Morgan fingerprint density at radius 1 is 0.947 bits per heavy atom. The summed E-state index contributed by atoms with van der Waals surface area (Å²) in [5, 5.41) is 0.760. The summed E-state index contributed by atoms with van der Waals surface area (Å²) in [7, 11) is 0. The topological polar surface area (TPSA) is 0 Å². The van der Waals surface area contributed by atoms with E-state index in [-0.39, 0.29) is 11.3 Å². The van der Waals surface area contributed by atoms with Crippen LogP contribution >= 0.6 is 23.2 Å². The van der Waals surface area contributed by atoms with E-state index in [2.05, 4.69) is 44.2 Å². The lowest BCUT2D eigenvalue weighted by Gasteiger charge is -2.21. The molecular weight excluding hydrogens is 275 g/mol. The van der Waals surface area contributed by atoms with E-state index in [9.17, 15) is 0 Å². The van der Waals surface area contributed by atoms with Crippen LogP contribution in [0.3, 0.4) is 0 Å². The van der Waals surface area contributed by atoms with Gasteiger partial charge < -0.3 is 0 Å². The highest BCUT2D eigenvalue weighted by Gasteiger charge is 2.20. The fourth-order valence-electron chi connectivity index (χ4n) is 2.30. The SMILES string of the molecule is Cc1cc(C(Cl)C(C)c2ccccc2)c(C)cc1Cl. The molecule has 0 aliphatic rings. The molecule has 0 fully saturated rings. The molecule has 0 aliphatic carbocycles. The fraction of sp³-hybridized carbons (Fsp3) is 0.294. The van der Waals surface area contributed by atoms with Gasteiger partial charge in [0, 0.05) is 10.9 Å². The monoisotopic (exact) mass is 292 g/mol. The van der Waals surface area contributed by atoms with Gasteiger partial charge in [0.2, 0.25) is 0 Å². The molecule has 2 atom stereocenters. The third-order valence-corrected chi connectivity index (χ3v) is 4.63. The number of halogens is 2. The zero-order valence-electron chi connectivity index (χ0n) is 11.5. The van der Waals surface area contributed by atoms with Crippen LogP contribution in [0.25, 0.3) is 0 Å². The molecular formula is C17H18Cl2. The first-order valence-corrected chi connectivity index (χ1v) is 7.28. The van der Waals surface area contributed by atoms with E-state index >= 15 is 0 Å². The Kier molecular flexibility index (Phi) is 4.54. The summed E-state index contributed by atoms with van der Waals surface area (Å²) in [5.74, 6) is 0.266. The highest BCUT2D eigenvalue weighted by molar-refractivity contribution is 6.31. The van der Waals surface area contributed by atoms with E-state index in [1.165, 1.54) is 11.1 Å². The maximum atomic E-state index is 6.68. The minimum Gasteiger partial charge on any atom is -0.117 e. The minimum absolute atomic E-state index is 0.0432. The maximum absolute atomic E-state index is 6.68. The molecule has 0 radical (unpaired) electrons. The van der Waals surface area contributed by atoms with E-state index in [1.807, 2.05) is 19.1 Å². The number of alkyl halides is 1. The third kappa shape index (κ3) is 3.13. The number of benzene rings is 2. The summed E-state index contributed by atoms with van der Waals surface area (Å²) in [6, 6.07) is 14.5. The molecule has 0 aliphatic heterocycles. The van der Waals surface area contributed by atoms with E-state index in [1.54, 1.807) is 0 Å². The van der Waals surface area contributed by atoms with Crippen LogP contribution in [0.1, 0.15) is 40.5 Å². The van der Waals surface area contributed by atoms with Crippen molar-refractivity contribution in [1.82, 2.24) is 0 Å². The van der Waals surface area contributed by atoms with Crippen molar-refractivity contribution in [2.45, 2.75) is 32.1 Å². The van der Waals surface area contributed by atoms with Crippen LogP contribution < -0.4 is 0 Å². The standard InChI is InChI=1S/C17H18Cl2/c1-11-10-16(18)12(2)9-15(11)17(19)13(3)14-7-5-4-6-8-14/h4-10,13,17H,1-3H3. The van der Waals surface area contributed by atoms with Crippen molar-refractivity contribution in [3.8, 4) is 0 Å². The smallest absolute Gasteiger partial charge is 0.0653 e. The lowest BCUT2D eigenvalue weighted by molar-refractivity contribution is 0.727. The summed E-state index contributed by atoms with van der Waals surface area (Å²) in [6.07, 6.45) is 0. The maximum Gasteiger partial charge on any atom is 0.0653 e. The quantitative estimate of drug-likeness (QED) is 0.605. The molecule has 19 heavy (non-hydrogen) atoms. The lowest BCUT2D eigenvalue weighted by atomic mass is 9.90. The van der Waals surface area contributed by atoms with Crippen molar-refractivity contribution >= 4 is 23.2 Å². The zero-order valence-corrected chi connectivity index (χ0v) is 13.0. The van der Waals surface area contributed by atoms with Gasteiger partial charge in [0.15, 0.2) is 0 Å². The zero-order chi connectivity index (χ0) is 14.0. The Labute approximate surface area is 125 Å². The summed E-state index contributed by atoms with van der Waals surface area (Å²) in [6.45, 7) is 6.24. The van der Waals surface area contributed by atoms with Crippen LogP contribution in [0, 0.1) is 13.8 Å². The summed E-state index contributed by atoms with van der Waals surface area (Å²) < 4.78 is 0. The van der Waals surface area contributed by atoms with Gasteiger partial charge >= 0.3 is 0 Å². The van der Waals surface area contributed by atoms with Crippen LogP contribution in [0.15, 0.2) is 42.5 Å². The molecule has 2 unspecified atom stereocenters. The minimum atomic E-state index is -0.0432. The summed E-state index contributed by atoms with van der Waals surface area (Å²) in [5.41, 5.74) is 4.65. The molecule has 0 spiro atoms. The van der Waals surface area contributed by atoms with Crippen molar-refractivity contribution in [3.63, 3.8) is 0 Å². The molecule has 0 heterocycles. The van der Waals surface area contributed by atoms with Gasteiger partial charge in [-0.05, 0) is 42.2 Å². The van der Waals surface area contributed by atoms with Crippen molar-refractivity contribution < 1.29 is 0 Å². The average Bonchev–Trinajstić information content (AvgIpc) is 2.42. The first kappa shape index (κ1) is 14.4.